The molecule has 0 saturated heterocycles. The lowest BCUT2D eigenvalue weighted by Gasteiger charge is -2.23. The first-order chi connectivity index (χ1) is 16.7. The average Bonchev–Trinajstić information content (AvgIpc) is 3.50. The van der Waals surface area contributed by atoms with E-state index in [9.17, 15) is 4.39 Å². The van der Waals surface area contributed by atoms with Crippen LogP contribution in [0.1, 0.15) is 42.9 Å². The molecular formula is C26H26FN7. The van der Waals surface area contributed by atoms with Crippen molar-refractivity contribution in [2.45, 2.75) is 37.8 Å². The molecule has 4 aromatic rings. The highest BCUT2D eigenvalue weighted by Crippen LogP contribution is 2.42. The predicted octanol–water partition coefficient (Wildman–Crippen LogP) is 4.55. The Morgan fingerprint density at radius 2 is 1.85 bits per heavy atom. The monoisotopic (exact) mass is 455 g/mol. The van der Waals surface area contributed by atoms with Crippen LogP contribution in [0, 0.1) is 11.7 Å². The Labute approximate surface area is 197 Å². The van der Waals surface area contributed by atoms with Crippen LogP contribution in [0.3, 0.4) is 0 Å². The highest BCUT2D eigenvalue weighted by molar-refractivity contribution is 5.78. The normalized spacial score (nSPS) is 18.0. The van der Waals surface area contributed by atoms with Crippen LogP contribution in [0.15, 0.2) is 60.9 Å². The summed E-state index contributed by atoms with van der Waals surface area (Å²) < 4.78 is 15.9. The van der Waals surface area contributed by atoms with Gasteiger partial charge < -0.3 is 15.6 Å². The fourth-order valence-electron chi connectivity index (χ4n) is 4.72. The number of imidazole rings is 1. The molecule has 3 aromatic heterocycles. The van der Waals surface area contributed by atoms with Crippen LogP contribution in [-0.4, -0.2) is 31.0 Å². The maximum absolute atomic E-state index is 13.7. The second-order valence-corrected chi connectivity index (χ2v) is 9.08. The molecule has 3 N–H and O–H groups in total. The minimum Gasteiger partial charge on any atom is -0.354 e. The van der Waals surface area contributed by atoms with E-state index in [1.807, 2.05) is 24.3 Å². The first-order valence-electron chi connectivity index (χ1n) is 11.8. The Balaban J connectivity index is 1.46. The highest BCUT2D eigenvalue weighted by atomic mass is 19.1. The maximum Gasteiger partial charge on any atom is 0.223 e. The van der Waals surface area contributed by atoms with Crippen LogP contribution >= 0.6 is 0 Å². The Morgan fingerprint density at radius 3 is 2.62 bits per heavy atom. The number of nitrogens with two attached hydrogens (primary N) is 1. The number of fused-ring (bicyclic) bond motifs is 1. The van der Waals surface area contributed by atoms with E-state index in [0.29, 0.717) is 11.9 Å². The lowest BCUT2D eigenvalue weighted by Crippen LogP contribution is -2.24. The maximum atomic E-state index is 13.7. The summed E-state index contributed by atoms with van der Waals surface area (Å²) in [6, 6.07) is 13.9. The van der Waals surface area contributed by atoms with Crippen LogP contribution < -0.4 is 11.1 Å². The molecule has 1 aliphatic carbocycles. The summed E-state index contributed by atoms with van der Waals surface area (Å²) in [5.74, 6) is 1.99. The fourth-order valence-corrected chi connectivity index (χ4v) is 4.72. The van der Waals surface area contributed by atoms with E-state index in [1.54, 1.807) is 24.5 Å². The number of hydrogen-bond donors (Lipinski definition) is 2. The molecule has 6 rings (SSSR count). The van der Waals surface area contributed by atoms with Crippen LogP contribution in [0.4, 0.5) is 10.3 Å². The van der Waals surface area contributed by atoms with Gasteiger partial charge >= 0.3 is 0 Å². The summed E-state index contributed by atoms with van der Waals surface area (Å²) >= 11 is 0. The SMILES string of the molecule is NC(c1ccccn1)C1CCc2nc(-c3ccc(F)cc3)c(-c3ccnc(NCC4CC4)n3)n21. The van der Waals surface area contributed by atoms with Crippen LogP contribution in [0.25, 0.3) is 22.6 Å². The van der Waals surface area contributed by atoms with Crippen molar-refractivity contribution in [3.8, 4) is 22.6 Å². The first kappa shape index (κ1) is 20.9. The van der Waals surface area contributed by atoms with Crippen LogP contribution in [0.2, 0.25) is 0 Å². The van der Waals surface area contributed by atoms with E-state index in [0.717, 1.165) is 53.5 Å². The van der Waals surface area contributed by atoms with Crippen LogP contribution in [-0.2, 0) is 6.42 Å². The molecule has 2 aliphatic rings. The van der Waals surface area contributed by atoms with Gasteiger partial charge in [0.1, 0.15) is 11.6 Å². The number of aryl methyl sites for hydroxylation is 1. The van der Waals surface area contributed by atoms with Crippen molar-refractivity contribution in [3.05, 3.63) is 78.3 Å². The van der Waals surface area contributed by atoms with E-state index < -0.39 is 0 Å². The van der Waals surface area contributed by atoms with E-state index in [4.69, 9.17) is 15.7 Å². The molecule has 1 aliphatic heterocycles. The van der Waals surface area contributed by atoms with Gasteiger partial charge in [0.05, 0.1) is 34.9 Å². The summed E-state index contributed by atoms with van der Waals surface area (Å²) in [6.45, 7) is 0.881. The average molecular weight is 456 g/mol. The largest absolute Gasteiger partial charge is 0.354 e. The van der Waals surface area contributed by atoms with E-state index in [1.165, 1.54) is 25.0 Å². The van der Waals surface area contributed by atoms with Gasteiger partial charge in [0, 0.05) is 30.9 Å². The van der Waals surface area contributed by atoms with E-state index in [2.05, 4.69) is 19.9 Å². The van der Waals surface area contributed by atoms with Crippen molar-refractivity contribution in [1.29, 1.82) is 0 Å². The summed E-state index contributed by atoms with van der Waals surface area (Å²) in [7, 11) is 0. The van der Waals surface area contributed by atoms with Gasteiger partial charge in [0.2, 0.25) is 5.95 Å². The molecule has 7 nitrogen and oxygen atoms in total. The van der Waals surface area contributed by atoms with Crippen molar-refractivity contribution >= 4 is 5.95 Å². The number of hydrogen-bond acceptors (Lipinski definition) is 6. The van der Waals surface area contributed by atoms with Gasteiger partial charge in [0.15, 0.2) is 0 Å². The molecule has 2 unspecified atom stereocenters. The molecule has 1 fully saturated rings. The lowest BCUT2D eigenvalue weighted by molar-refractivity contribution is 0.433. The van der Waals surface area contributed by atoms with Gasteiger partial charge in [-0.1, -0.05) is 6.07 Å². The minimum atomic E-state index is -0.286. The van der Waals surface area contributed by atoms with Crippen molar-refractivity contribution in [2.24, 2.45) is 11.7 Å². The molecule has 4 heterocycles. The summed E-state index contributed by atoms with van der Waals surface area (Å²) in [6.07, 6.45) is 7.72. The lowest BCUT2D eigenvalue weighted by atomic mass is 10.0. The third-order valence-electron chi connectivity index (χ3n) is 6.68. The third kappa shape index (κ3) is 3.94. The third-order valence-corrected chi connectivity index (χ3v) is 6.68. The number of rotatable bonds is 7. The smallest absolute Gasteiger partial charge is 0.223 e. The topological polar surface area (TPSA) is 94.5 Å². The summed E-state index contributed by atoms with van der Waals surface area (Å²) in [5, 5.41) is 3.37. The number of nitrogens with one attached hydrogen (secondary N) is 1. The molecule has 0 spiro atoms. The highest BCUT2D eigenvalue weighted by Gasteiger charge is 2.35. The Hall–Kier alpha value is -3.65. The molecule has 1 aromatic carbocycles. The Morgan fingerprint density at radius 1 is 1.00 bits per heavy atom. The van der Waals surface area contributed by atoms with E-state index in [-0.39, 0.29) is 17.9 Å². The molecule has 2 atom stereocenters. The second kappa shape index (κ2) is 8.61. The zero-order chi connectivity index (χ0) is 23.1. The number of benzene rings is 1. The molecular weight excluding hydrogens is 429 g/mol. The molecule has 172 valence electrons. The summed E-state index contributed by atoms with van der Waals surface area (Å²) in [4.78, 5) is 18.8. The molecule has 34 heavy (non-hydrogen) atoms. The Bertz CT molecular complexity index is 1300. The van der Waals surface area contributed by atoms with Crippen molar-refractivity contribution in [1.82, 2.24) is 24.5 Å². The molecule has 0 amide bonds. The van der Waals surface area contributed by atoms with Crippen LogP contribution in [0.5, 0.6) is 0 Å². The molecule has 8 heteroatoms. The zero-order valence-corrected chi connectivity index (χ0v) is 18.7. The number of pyridine rings is 1. The van der Waals surface area contributed by atoms with Crippen molar-refractivity contribution in [2.75, 3.05) is 11.9 Å². The second-order valence-electron chi connectivity index (χ2n) is 9.08. The van der Waals surface area contributed by atoms with Gasteiger partial charge in [-0.2, -0.15) is 0 Å². The number of anilines is 1. The van der Waals surface area contributed by atoms with Gasteiger partial charge in [-0.05, 0) is 67.6 Å². The molecule has 0 bridgehead atoms. The Kier molecular flexibility index (Phi) is 5.30. The number of aromatic nitrogens is 5. The first-order valence-corrected chi connectivity index (χ1v) is 11.8. The van der Waals surface area contributed by atoms with Crippen molar-refractivity contribution in [3.63, 3.8) is 0 Å². The van der Waals surface area contributed by atoms with Gasteiger partial charge in [-0.25, -0.2) is 19.3 Å². The van der Waals surface area contributed by atoms with Gasteiger partial charge in [0.25, 0.3) is 0 Å². The van der Waals surface area contributed by atoms with Gasteiger partial charge in [-0.3, -0.25) is 4.98 Å². The standard InChI is InChI=1S/C26H26FN7/c27-18-8-6-17(7-9-18)24-25(20-12-14-30-26(32-20)31-15-16-4-5-16)34-21(10-11-22(34)33-24)23(28)19-3-1-2-13-29-19/h1-3,6-9,12-14,16,21,23H,4-5,10-11,15,28H2,(H,30,31,32). The number of nitrogens with zero attached hydrogens (tertiary/aromatic N) is 5. The quantitative estimate of drug-likeness (QED) is 0.425. The van der Waals surface area contributed by atoms with E-state index >= 15 is 0 Å². The molecule has 0 radical (unpaired) electrons. The minimum absolute atomic E-state index is 0.0144. The number of halogens is 1. The molecule has 1 saturated carbocycles. The van der Waals surface area contributed by atoms with Gasteiger partial charge in [-0.15, -0.1) is 0 Å². The predicted molar refractivity (Wildman–Crippen MR) is 128 cm³/mol. The fraction of sp³-hybridized carbons (Fsp3) is 0.308. The zero-order valence-electron chi connectivity index (χ0n) is 18.7. The van der Waals surface area contributed by atoms with Crippen molar-refractivity contribution < 1.29 is 4.39 Å². The summed E-state index contributed by atoms with van der Waals surface area (Å²) in [5.41, 5.74) is 10.9.